The summed E-state index contributed by atoms with van der Waals surface area (Å²) in [7, 11) is 0. The second-order valence-electron chi connectivity index (χ2n) is 13.9. The maximum Gasteiger partial charge on any atom is 0.151 e. The highest BCUT2D eigenvalue weighted by molar-refractivity contribution is 5.88. The van der Waals surface area contributed by atoms with Gasteiger partial charge >= 0.3 is 0 Å². The number of rotatable bonds is 12. The summed E-state index contributed by atoms with van der Waals surface area (Å²) in [6.45, 7) is 23.9. The molecule has 3 rings (SSSR count). The molecular weight excluding hydrogens is 502 g/mol. The van der Waals surface area contributed by atoms with E-state index in [9.17, 15) is 5.26 Å². The Morgan fingerprint density at radius 1 is 0.756 bits per heavy atom. The van der Waals surface area contributed by atoms with Crippen LogP contribution in [0.1, 0.15) is 118 Å². The van der Waals surface area contributed by atoms with Crippen molar-refractivity contribution in [1.82, 2.24) is 4.90 Å². The third-order valence-corrected chi connectivity index (χ3v) is 8.21. The van der Waals surface area contributed by atoms with E-state index in [-0.39, 0.29) is 23.0 Å². The molecule has 2 aromatic carbocycles. The quantitative estimate of drug-likeness (QED) is 0.260. The van der Waals surface area contributed by atoms with Crippen LogP contribution >= 0.6 is 0 Å². The van der Waals surface area contributed by atoms with Gasteiger partial charge in [-0.25, -0.2) is 0 Å². The molecule has 0 aromatic heterocycles. The minimum atomic E-state index is -0.0547. The third kappa shape index (κ3) is 8.09. The number of benzene rings is 2. The molecule has 0 spiro atoms. The zero-order valence-corrected chi connectivity index (χ0v) is 27.4. The zero-order valence-electron chi connectivity index (χ0n) is 27.4. The Morgan fingerprint density at radius 3 is 1.76 bits per heavy atom. The van der Waals surface area contributed by atoms with E-state index >= 15 is 0 Å². The fourth-order valence-corrected chi connectivity index (χ4v) is 5.93. The van der Waals surface area contributed by atoms with Crippen LogP contribution in [-0.4, -0.2) is 36.7 Å². The molecule has 2 aromatic rings. The lowest BCUT2D eigenvalue weighted by atomic mass is 9.72. The average Bonchev–Trinajstić information content (AvgIpc) is 2.94. The summed E-state index contributed by atoms with van der Waals surface area (Å²) in [5, 5.41) is 9.49. The van der Waals surface area contributed by atoms with Crippen molar-refractivity contribution in [2.75, 3.05) is 24.5 Å². The van der Waals surface area contributed by atoms with Crippen molar-refractivity contribution in [3.8, 4) is 6.07 Å². The molecule has 2 unspecified atom stereocenters. The van der Waals surface area contributed by atoms with E-state index in [1.54, 1.807) is 0 Å². The molecule has 4 nitrogen and oxygen atoms in total. The summed E-state index contributed by atoms with van der Waals surface area (Å²) in [4.78, 5) is 5.18. The molecule has 1 heterocycles. The van der Waals surface area contributed by atoms with Crippen LogP contribution in [0.25, 0.3) is 11.5 Å². The Morgan fingerprint density at radius 2 is 1.29 bits per heavy atom. The first-order chi connectivity index (χ1) is 19.5. The first kappa shape index (κ1) is 32.6. The number of unbranched alkanes of at least 4 members (excludes halogenated alkanes) is 3. The Labute approximate surface area is 251 Å². The van der Waals surface area contributed by atoms with Gasteiger partial charge in [0.2, 0.25) is 0 Å². The fourth-order valence-electron chi connectivity index (χ4n) is 5.93. The third-order valence-electron chi connectivity index (χ3n) is 8.21. The lowest BCUT2D eigenvalue weighted by molar-refractivity contribution is -0.0561. The molecule has 4 heteroatoms. The predicted molar refractivity (Wildman–Crippen MR) is 176 cm³/mol. The molecule has 41 heavy (non-hydrogen) atoms. The van der Waals surface area contributed by atoms with Gasteiger partial charge in [0.15, 0.2) is 5.76 Å². The summed E-state index contributed by atoms with van der Waals surface area (Å²) >= 11 is 0. The lowest BCUT2D eigenvalue weighted by Crippen LogP contribution is -2.58. The summed E-state index contributed by atoms with van der Waals surface area (Å²) in [6.07, 6.45) is 7.07. The van der Waals surface area contributed by atoms with Gasteiger partial charge < -0.3 is 14.5 Å². The molecule has 1 aliphatic rings. The summed E-state index contributed by atoms with van der Waals surface area (Å²) in [5.41, 5.74) is 5.27. The summed E-state index contributed by atoms with van der Waals surface area (Å²) < 4.78 is 7.20. The van der Waals surface area contributed by atoms with Crippen molar-refractivity contribution < 1.29 is 4.74 Å². The van der Waals surface area contributed by atoms with Crippen molar-refractivity contribution in [3.63, 3.8) is 0 Å². The minimum Gasteiger partial charge on any atom is -0.485 e. The Hall–Kier alpha value is -2.93. The van der Waals surface area contributed by atoms with Gasteiger partial charge in [-0.15, -0.1) is 0 Å². The van der Waals surface area contributed by atoms with Crippen LogP contribution < -0.4 is 4.90 Å². The molecule has 0 N–H and O–H groups in total. The number of hydrogen-bond acceptors (Lipinski definition) is 4. The van der Waals surface area contributed by atoms with E-state index in [0.29, 0.717) is 5.56 Å². The van der Waals surface area contributed by atoms with E-state index in [1.807, 2.05) is 12.1 Å². The van der Waals surface area contributed by atoms with Crippen LogP contribution in [0.5, 0.6) is 0 Å². The molecule has 0 fully saturated rings. The Bertz CT molecular complexity index is 1150. The van der Waals surface area contributed by atoms with E-state index in [4.69, 9.17) is 4.74 Å². The SMILES string of the molecule is CCCCN(CCCC)c1ccc(C2=C(c3ccc(C#N)cc3)N(CCCC)C(C(C)(C)C)C(C(C)(C)C)O2)cc1. The van der Waals surface area contributed by atoms with E-state index < -0.39 is 0 Å². The van der Waals surface area contributed by atoms with Gasteiger partial charge in [-0.2, -0.15) is 5.26 Å². The van der Waals surface area contributed by atoms with Crippen LogP contribution in [-0.2, 0) is 4.74 Å². The van der Waals surface area contributed by atoms with E-state index in [2.05, 4.69) is 115 Å². The van der Waals surface area contributed by atoms with Crippen molar-refractivity contribution in [2.24, 2.45) is 10.8 Å². The molecule has 0 saturated heterocycles. The molecule has 224 valence electrons. The van der Waals surface area contributed by atoms with Crippen molar-refractivity contribution in [1.29, 1.82) is 5.26 Å². The highest BCUT2D eigenvalue weighted by Gasteiger charge is 2.48. The Kier molecular flexibility index (Phi) is 11.4. The maximum atomic E-state index is 9.49. The molecule has 1 aliphatic heterocycles. The first-order valence-corrected chi connectivity index (χ1v) is 16.0. The minimum absolute atomic E-state index is 0.00201. The molecule has 0 saturated carbocycles. The highest BCUT2D eigenvalue weighted by atomic mass is 16.5. The number of nitriles is 1. The van der Waals surface area contributed by atoms with Gasteiger partial charge in [-0.1, -0.05) is 93.7 Å². The maximum absolute atomic E-state index is 9.49. The largest absolute Gasteiger partial charge is 0.485 e. The number of ether oxygens (including phenoxy) is 1. The highest BCUT2D eigenvalue weighted by Crippen LogP contribution is 2.48. The molecule has 0 bridgehead atoms. The molecule has 0 aliphatic carbocycles. The second-order valence-corrected chi connectivity index (χ2v) is 13.9. The molecule has 0 radical (unpaired) electrons. The number of hydrogen-bond donors (Lipinski definition) is 0. The van der Waals surface area contributed by atoms with Crippen LogP contribution in [0, 0.1) is 22.2 Å². The zero-order chi connectivity index (χ0) is 30.2. The van der Waals surface area contributed by atoms with Crippen LogP contribution in [0.3, 0.4) is 0 Å². The Balaban J connectivity index is 2.23. The predicted octanol–water partition coefficient (Wildman–Crippen LogP) is 9.75. The topological polar surface area (TPSA) is 39.5 Å². The van der Waals surface area contributed by atoms with Gasteiger partial charge in [-0.3, -0.25) is 0 Å². The van der Waals surface area contributed by atoms with Crippen LogP contribution in [0.15, 0.2) is 48.5 Å². The van der Waals surface area contributed by atoms with E-state index in [1.165, 1.54) is 31.4 Å². The number of anilines is 1. The van der Waals surface area contributed by atoms with Gasteiger partial charge in [0.25, 0.3) is 0 Å². The van der Waals surface area contributed by atoms with Gasteiger partial charge in [0.05, 0.1) is 23.4 Å². The molecule has 2 atom stereocenters. The summed E-state index contributed by atoms with van der Waals surface area (Å²) in [6, 6.07) is 19.6. The normalized spacial score (nSPS) is 17.8. The van der Waals surface area contributed by atoms with Gasteiger partial charge in [0, 0.05) is 41.9 Å². The van der Waals surface area contributed by atoms with Crippen LogP contribution in [0.2, 0.25) is 0 Å². The van der Waals surface area contributed by atoms with Gasteiger partial charge in [0.1, 0.15) is 6.10 Å². The standard InChI is InChI=1S/C37H55N3O/c1-10-13-24-39(25-14-11-2)31-22-20-30(21-23-31)33-32(29-18-16-28(27-38)17-19-29)40(26-15-12-3)34(36(4,5)6)35(41-33)37(7,8)9/h16-23,34-35H,10-15,24-26H2,1-9H3. The second kappa shape index (κ2) is 14.3. The first-order valence-electron chi connectivity index (χ1n) is 16.0. The average molecular weight is 558 g/mol. The molecule has 0 amide bonds. The van der Waals surface area contributed by atoms with Crippen molar-refractivity contribution in [3.05, 3.63) is 65.2 Å². The number of nitrogens with zero attached hydrogens (tertiary/aromatic N) is 3. The lowest BCUT2D eigenvalue weighted by Gasteiger charge is -2.54. The fraction of sp³-hybridized carbons (Fsp3) is 0.595. The van der Waals surface area contributed by atoms with Crippen molar-refractivity contribution >= 4 is 17.1 Å². The monoisotopic (exact) mass is 557 g/mol. The van der Waals surface area contributed by atoms with E-state index in [0.717, 1.165) is 55.1 Å². The van der Waals surface area contributed by atoms with Crippen LogP contribution in [0.4, 0.5) is 5.69 Å². The summed E-state index contributed by atoms with van der Waals surface area (Å²) in [5.74, 6) is 0.950. The van der Waals surface area contributed by atoms with Crippen molar-refractivity contribution in [2.45, 2.75) is 113 Å². The molecular formula is C37H55N3O. The smallest absolute Gasteiger partial charge is 0.151 e. The van der Waals surface area contributed by atoms with Gasteiger partial charge in [-0.05, 0) is 61.1 Å².